The van der Waals surface area contributed by atoms with Crippen molar-refractivity contribution in [3.63, 3.8) is 0 Å². The number of hydrogen-bond donors (Lipinski definition) is 1. The third-order valence-electron chi connectivity index (χ3n) is 5.41. The summed E-state index contributed by atoms with van der Waals surface area (Å²) < 4.78 is 2.17. The third kappa shape index (κ3) is 3.07. The van der Waals surface area contributed by atoms with E-state index in [1.807, 2.05) is 48.5 Å². The number of aromatic nitrogens is 3. The van der Waals surface area contributed by atoms with Crippen molar-refractivity contribution in [3.05, 3.63) is 96.1 Å². The number of aryl methyl sites for hydroxylation is 1. The van der Waals surface area contributed by atoms with Crippen LogP contribution in [0.2, 0.25) is 0 Å². The van der Waals surface area contributed by atoms with Gasteiger partial charge in [-0.15, -0.1) is 0 Å². The Balaban J connectivity index is 1.76. The van der Waals surface area contributed by atoms with E-state index in [9.17, 15) is 5.26 Å². The van der Waals surface area contributed by atoms with Crippen molar-refractivity contribution in [2.75, 3.05) is 0 Å². The number of nitriles is 1. The Labute approximate surface area is 174 Å². The fourth-order valence-electron chi connectivity index (χ4n) is 3.81. The van der Waals surface area contributed by atoms with E-state index in [-0.39, 0.29) is 0 Å². The number of aromatic amines is 1. The van der Waals surface area contributed by atoms with Gasteiger partial charge in [0.2, 0.25) is 0 Å². The summed E-state index contributed by atoms with van der Waals surface area (Å²) >= 11 is 0. The topological polar surface area (TPSA) is 56.9 Å². The minimum absolute atomic E-state index is 0.505. The predicted molar refractivity (Wildman–Crippen MR) is 122 cm³/mol. The zero-order valence-electron chi connectivity index (χ0n) is 16.6. The lowest BCUT2D eigenvalue weighted by atomic mass is 10.0. The van der Waals surface area contributed by atoms with Crippen molar-refractivity contribution in [2.45, 2.75) is 13.3 Å². The molecule has 0 spiro atoms. The zero-order chi connectivity index (χ0) is 20.5. The van der Waals surface area contributed by atoms with Crippen LogP contribution in [-0.4, -0.2) is 14.4 Å². The summed E-state index contributed by atoms with van der Waals surface area (Å²) in [6.07, 6.45) is 5.04. The van der Waals surface area contributed by atoms with E-state index in [0.717, 1.165) is 39.8 Å². The Morgan fingerprint density at radius 3 is 2.63 bits per heavy atom. The molecule has 4 heteroatoms. The first-order valence-electron chi connectivity index (χ1n) is 10.0. The Bertz CT molecular complexity index is 1400. The normalized spacial score (nSPS) is 11.8. The van der Waals surface area contributed by atoms with Crippen molar-refractivity contribution in [1.82, 2.24) is 14.4 Å². The molecule has 0 radical (unpaired) electrons. The summed E-state index contributed by atoms with van der Waals surface area (Å²) in [7, 11) is 0. The first-order chi connectivity index (χ1) is 14.8. The van der Waals surface area contributed by atoms with Crippen LogP contribution in [0.3, 0.4) is 0 Å². The molecule has 3 aromatic heterocycles. The summed E-state index contributed by atoms with van der Waals surface area (Å²) in [5, 5.41) is 9.95. The van der Waals surface area contributed by atoms with Crippen LogP contribution >= 0.6 is 0 Å². The van der Waals surface area contributed by atoms with E-state index in [4.69, 9.17) is 0 Å². The molecular formula is C26H20N4. The largest absolute Gasteiger partial charge is 0.337 e. The molecular weight excluding hydrogens is 368 g/mol. The first-order valence-corrected chi connectivity index (χ1v) is 10.0. The summed E-state index contributed by atoms with van der Waals surface area (Å²) in [6, 6.07) is 26.9. The number of benzene rings is 2. The van der Waals surface area contributed by atoms with E-state index in [1.165, 1.54) is 5.56 Å². The van der Waals surface area contributed by atoms with Crippen LogP contribution in [-0.2, 0) is 6.42 Å². The standard InChI is InChI=1S/C26H20N4/c1-2-18-12-13-21-15-22(19-8-4-3-5-9-19)25(30(21)17-18)14-20(16-27)26-28-23-10-6-7-11-24(23)29-26/h3-15,17H,2H2,1H3,(H,28,29)/b20-14+. The van der Waals surface area contributed by atoms with Crippen LogP contribution in [0, 0.1) is 11.3 Å². The number of rotatable bonds is 4. The van der Waals surface area contributed by atoms with Gasteiger partial charge in [0.15, 0.2) is 0 Å². The molecule has 0 aliphatic heterocycles. The first kappa shape index (κ1) is 18.0. The Kier molecular flexibility index (Phi) is 4.42. The number of pyridine rings is 1. The maximum atomic E-state index is 9.95. The van der Waals surface area contributed by atoms with E-state index >= 15 is 0 Å². The molecule has 144 valence electrons. The van der Waals surface area contributed by atoms with Gasteiger partial charge in [-0.3, -0.25) is 0 Å². The molecule has 0 saturated heterocycles. The molecule has 0 fully saturated rings. The summed E-state index contributed by atoms with van der Waals surface area (Å²) in [5.41, 5.74) is 7.80. The van der Waals surface area contributed by atoms with Crippen molar-refractivity contribution >= 4 is 28.2 Å². The molecule has 5 aromatic rings. The van der Waals surface area contributed by atoms with Crippen molar-refractivity contribution in [2.24, 2.45) is 0 Å². The second-order valence-corrected chi connectivity index (χ2v) is 7.27. The number of nitrogens with zero attached hydrogens (tertiary/aromatic N) is 3. The Morgan fingerprint density at radius 2 is 1.87 bits per heavy atom. The number of H-pyrrole nitrogens is 1. The van der Waals surface area contributed by atoms with E-state index in [0.29, 0.717) is 11.4 Å². The quantitative estimate of drug-likeness (QED) is 0.378. The van der Waals surface area contributed by atoms with Crippen molar-refractivity contribution in [1.29, 1.82) is 5.26 Å². The average Bonchev–Trinajstić information content (AvgIpc) is 3.39. The van der Waals surface area contributed by atoms with Crippen LogP contribution in [0.5, 0.6) is 0 Å². The monoisotopic (exact) mass is 388 g/mol. The van der Waals surface area contributed by atoms with Gasteiger partial charge in [0.25, 0.3) is 0 Å². The maximum absolute atomic E-state index is 9.95. The lowest BCUT2D eigenvalue weighted by Crippen LogP contribution is -1.93. The van der Waals surface area contributed by atoms with Gasteiger partial charge in [-0.05, 0) is 47.9 Å². The highest BCUT2D eigenvalue weighted by Crippen LogP contribution is 2.31. The molecule has 0 aliphatic carbocycles. The predicted octanol–water partition coefficient (Wildman–Crippen LogP) is 6.11. The van der Waals surface area contributed by atoms with Gasteiger partial charge in [0, 0.05) is 17.3 Å². The zero-order valence-corrected chi connectivity index (χ0v) is 16.6. The fraction of sp³-hybridized carbons (Fsp3) is 0.0769. The average molecular weight is 388 g/mol. The number of nitrogens with one attached hydrogen (secondary N) is 1. The van der Waals surface area contributed by atoms with Gasteiger partial charge in [-0.25, -0.2) is 4.98 Å². The number of para-hydroxylation sites is 2. The Morgan fingerprint density at radius 1 is 1.07 bits per heavy atom. The Hall–Kier alpha value is -4.10. The molecule has 3 heterocycles. The lowest BCUT2D eigenvalue weighted by molar-refractivity contribution is 1.07. The molecule has 2 aromatic carbocycles. The second-order valence-electron chi connectivity index (χ2n) is 7.27. The smallest absolute Gasteiger partial charge is 0.149 e. The second kappa shape index (κ2) is 7.38. The SMILES string of the molecule is CCc1ccc2cc(-c3ccccc3)c(/C=C(\C#N)c3nc4ccccc4[nH]3)n2c1. The van der Waals surface area contributed by atoms with Crippen LogP contribution in [0.25, 0.3) is 39.3 Å². The fourth-order valence-corrected chi connectivity index (χ4v) is 3.81. The molecule has 0 bridgehead atoms. The summed E-state index contributed by atoms with van der Waals surface area (Å²) in [4.78, 5) is 7.90. The highest BCUT2D eigenvalue weighted by Gasteiger charge is 2.14. The molecule has 0 amide bonds. The van der Waals surface area contributed by atoms with Crippen LogP contribution in [0.1, 0.15) is 24.0 Å². The van der Waals surface area contributed by atoms with Gasteiger partial charge in [-0.1, -0.05) is 55.5 Å². The molecule has 5 rings (SSSR count). The van der Waals surface area contributed by atoms with E-state index in [1.54, 1.807) is 0 Å². The highest BCUT2D eigenvalue weighted by molar-refractivity contribution is 5.94. The van der Waals surface area contributed by atoms with Crippen LogP contribution < -0.4 is 0 Å². The van der Waals surface area contributed by atoms with Gasteiger partial charge in [0.1, 0.15) is 11.9 Å². The molecule has 0 unspecified atom stereocenters. The van der Waals surface area contributed by atoms with Crippen LogP contribution in [0.15, 0.2) is 79.0 Å². The van der Waals surface area contributed by atoms with Gasteiger partial charge >= 0.3 is 0 Å². The number of allylic oxidation sites excluding steroid dienone is 1. The number of imidazole rings is 1. The van der Waals surface area contributed by atoms with E-state index in [2.05, 4.69) is 63.9 Å². The molecule has 0 aliphatic rings. The highest BCUT2D eigenvalue weighted by atomic mass is 14.9. The number of hydrogen-bond acceptors (Lipinski definition) is 2. The van der Waals surface area contributed by atoms with Crippen LogP contribution in [0.4, 0.5) is 0 Å². The van der Waals surface area contributed by atoms with Crippen molar-refractivity contribution in [3.8, 4) is 17.2 Å². The van der Waals surface area contributed by atoms with E-state index < -0.39 is 0 Å². The van der Waals surface area contributed by atoms with Crippen molar-refractivity contribution < 1.29 is 0 Å². The molecule has 30 heavy (non-hydrogen) atoms. The van der Waals surface area contributed by atoms with Gasteiger partial charge in [0.05, 0.1) is 22.3 Å². The van der Waals surface area contributed by atoms with Gasteiger partial charge < -0.3 is 9.38 Å². The summed E-state index contributed by atoms with van der Waals surface area (Å²) in [6.45, 7) is 2.15. The maximum Gasteiger partial charge on any atom is 0.149 e. The molecule has 1 N–H and O–H groups in total. The van der Waals surface area contributed by atoms with Gasteiger partial charge in [-0.2, -0.15) is 5.26 Å². The summed E-state index contributed by atoms with van der Waals surface area (Å²) in [5.74, 6) is 0.583. The number of fused-ring (bicyclic) bond motifs is 2. The minimum Gasteiger partial charge on any atom is -0.337 e. The minimum atomic E-state index is 0.505. The third-order valence-corrected chi connectivity index (χ3v) is 5.41. The molecule has 4 nitrogen and oxygen atoms in total. The lowest BCUT2D eigenvalue weighted by Gasteiger charge is -2.05. The molecule has 0 saturated carbocycles. The molecule has 0 atom stereocenters.